The highest BCUT2D eigenvalue weighted by Crippen LogP contribution is 2.18. The molecule has 0 fully saturated rings. The number of carbonyl (C=O) groups is 2. The molecule has 1 rings (SSSR count). The summed E-state index contributed by atoms with van der Waals surface area (Å²) >= 11 is 0. The molecule has 0 aliphatic carbocycles. The van der Waals surface area contributed by atoms with E-state index in [0.717, 1.165) is 11.3 Å². The Kier molecular flexibility index (Phi) is 5.55. The largest absolute Gasteiger partial charge is 0.481 e. The van der Waals surface area contributed by atoms with Gasteiger partial charge in [0.05, 0.1) is 5.92 Å². The minimum atomic E-state index is -0.835. The van der Waals surface area contributed by atoms with Crippen molar-refractivity contribution >= 4 is 17.6 Å². The first-order valence-corrected chi connectivity index (χ1v) is 6.49. The summed E-state index contributed by atoms with van der Waals surface area (Å²) in [4.78, 5) is 22.8. The van der Waals surface area contributed by atoms with E-state index in [1.807, 2.05) is 45.0 Å². The second-order valence-electron chi connectivity index (χ2n) is 5.14. The van der Waals surface area contributed by atoms with Crippen LogP contribution in [0.5, 0.6) is 0 Å². The van der Waals surface area contributed by atoms with Gasteiger partial charge in [-0.2, -0.15) is 0 Å². The molecule has 0 aromatic heterocycles. The summed E-state index contributed by atoms with van der Waals surface area (Å²) in [5.74, 6) is -1.41. The minimum Gasteiger partial charge on any atom is -0.481 e. The zero-order valence-electron chi connectivity index (χ0n) is 11.6. The second-order valence-corrected chi connectivity index (χ2v) is 5.14. The number of aliphatic carboxylic acids is 1. The van der Waals surface area contributed by atoms with Crippen LogP contribution < -0.4 is 5.32 Å². The molecule has 1 aromatic rings. The zero-order chi connectivity index (χ0) is 14.4. The highest BCUT2D eigenvalue weighted by Gasteiger charge is 2.22. The Labute approximate surface area is 113 Å². The number of hydrogen-bond donors (Lipinski definition) is 2. The fourth-order valence-corrected chi connectivity index (χ4v) is 1.89. The first-order valence-electron chi connectivity index (χ1n) is 6.49. The van der Waals surface area contributed by atoms with Crippen LogP contribution in [0.25, 0.3) is 0 Å². The number of anilines is 1. The molecule has 0 radical (unpaired) electrons. The average Bonchev–Trinajstić information content (AvgIpc) is 2.31. The van der Waals surface area contributed by atoms with Crippen molar-refractivity contribution in [1.29, 1.82) is 0 Å². The number of rotatable bonds is 6. The molecule has 104 valence electrons. The van der Waals surface area contributed by atoms with Crippen LogP contribution in [0.1, 0.15) is 32.3 Å². The number of carbonyl (C=O) groups excluding carboxylic acids is 1. The number of hydrogen-bond acceptors (Lipinski definition) is 2. The summed E-state index contributed by atoms with van der Waals surface area (Å²) in [6.07, 6.45) is 0.591. The van der Waals surface area contributed by atoms with Gasteiger partial charge in [-0.05, 0) is 31.4 Å². The molecule has 2 N–H and O–H groups in total. The molecular formula is C15H21NO3. The van der Waals surface area contributed by atoms with Gasteiger partial charge in [0.15, 0.2) is 0 Å². The lowest BCUT2D eigenvalue weighted by Gasteiger charge is -2.15. The van der Waals surface area contributed by atoms with Crippen molar-refractivity contribution in [2.75, 3.05) is 5.32 Å². The van der Waals surface area contributed by atoms with Gasteiger partial charge in [0.1, 0.15) is 0 Å². The monoisotopic (exact) mass is 263 g/mol. The lowest BCUT2D eigenvalue weighted by Crippen LogP contribution is -2.22. The maximum absolute atomic E-state index is 11.7. The normalized spacial score (nSPS) is 12.2. The van der Waals surface area contributed by atoms with Crippen LogP contribution in [0.2, 0.25) is 0 Å². The van der Waals surface area contributed by atoms with Gasteiger partial charge in [0.25, 0.3) is 0 Å². The highest BCUT2D eigenvalue weighted by atomic mass is 16.4. The van der Waals surface area contributed by atoms with Crippen LogP contribution in [0.4, 0.5) is 5.69 Å². The van der Waals surface area contributed by atoms with Gasteiger partial charge < -0.3 is 10.4 Å². The van der Waals surface area contributed by atoms with Gasteiger partial charge in [0.2, 0.25) is 5.91 Å². The van der Waals surface area contributed by atoms with E-state index in [1.54, 1.807) is 0 Å². The van der Waals surface area contributed by atoms with Gasteiger partial charge in [-0.1, -0.05) is 31.5 Å². The molecule has 0 aliphatic heterocycles. The molecular weight excluding hydrogens is 242 g/mol. The van der Waals surface area contributed by atoms with Crippen LogP contribution in [-0.4, -0.2) is 17.0 Å². The van der Waals surface area contributed by atoms with E-state index in [-0.39, 0.29) is 18.2 Å². The summed E-state index contributed by atoms with van der Waals surface area (Å²) in [7, 11) is 0. The molecule has 0 saturated carbocycles. The minimum absolute atomic E-state index is 0.0321. The predicted molar refractivity (Wildman–Crippen MR) is 75.0 cm³/mol. The molecule has 4 nitrogen and oxygen atoms in total. The Morgan fingerprint density at radius 3 is 2.26 bits per heavy atom. The summed E-state index contributed by atoms with van der Waals surface area (Å²) < 4.78 is 0. The fourth-order valence-electron chi connectivity index (χ4n) is 1.89. The van der Waals surface area contributed by atoms with Gasteiger partial charge in [0, 0.05) is 12.1 Å². The molecule has 0 saturated heterocycles. The van der Waals surface area contributed by atoms with Crippen LogP contribution >= 0.6 is 0 Å². The van der Waals surface area contributed by atoms with E-state index < -0.39 is 11.9 Å². The number of carboxylic acids is 1. The second kappa shape index (κ2) is 6.92. The Morgan fingerprint density at radius 1 is 1.21 bits per heavy atom. The van der Waals surface area contributed by atoms with E-state index in [2.05, 4.69) is 5.32 Å². The third-order valence-electron chi connectivity index (χ3n) is 3.14. The topological polar surface area (TPSA) is 66.4 Å². The SMILES string of the molecule is Cc1ccc(NC(=O)CCC(C(=O)O)C(C)C)cc1. The molecule has 0 spiro atoms. The summed E-state index contributed by atoms with van der Waals surface area (Å²) in [5.41, 5.74) is 1.87. The van der Waals surface area contributed by atoms with Crippen molar-refractivity contribution in [2.45, 2.75) is 33.6 Å². The molecule has 4 heteroatoms. The lowest BCUT2D eigenvalue weighted by atomic mass is 9.91. The van der Waals surface area contributed by atoms with Gasteiger partial charge >= 0.3 is 5.97 Å². The summed E-state index contributed by atoms with van der Waals surface area (Å²) in [6, 6.07) is 7.52. The first-order chi connectivity index (χ1) is 8.90. The lowest BCUT2D eigenvalue weighted by molar-refractivity contribution is -0.143. The van der Waals surface area contributed by atoms with Crippen LogP contribution in [0.3, 0.4) is 0 Å². The van der Waals surface area contributed by atoms with Crippen molar-refractivity contribution in [3.05, 3.63) is 29.8 Å². The maximum atomic E-state index is 11.7. The van der Waals surface area contributed by atoms with Crippen molar-refractivity contribution in [2.24, 2.45) is 11.8 Å². The molecule has 0 bridgehead atoms. The molecule has 19 heavy (non-hydrogen) atoms. The Balaban J connectivity index is 2.47. The zero-order valence-corrected chi connectivity index (χ0v) is 11.6. The predicted octanol–water partition coefficient (Wildman–Crippen LogP) is 3.07. The van der Waals surface area contributed by atoms with Crippen molar-refractivity contribution in [3.8, 4) is 0 Å². The number of benzene rings is 1. The third-order valence-corrected chi connectivity index (χ3v) is 3.14. The Morgan fingerprint density at radius 2 is 1.79 bits per heavy atom. The molecule has 1 unspecified atom stereocenters. The summed E-state index contributed by atoms with van der Waals surface area (Å²) in [6.45, 7) is 5.69. The fraction of sp³-hybridized carbons (Fsp3) is 0.467. The highest BCUT2D eigenvalue weighted by molar-refractivity contribution is 5.90. The Bertz CT molecular complexity index is 437. The number of carboxylic acid groups (broad SMARTS) is 1. The smallest absolute Gasteiger partial charge is 0.306 e. The van der Waals surface area contributed by atoms with Gasteiger partial charge in [-0.25, -0.2) is 0 Å². The van der Waals surface area contributed by atoms with E-state index in [9.17, 15) is 9.59 Å². The van der Waals surface area contributed by atoms with Crippen LogP contribution in [0.15, 0.2) is 24.3 Å². The number of amides is 1. The first kappa shape index (κ1) is 15.2. The third kappa shape index (κ3) is 5.12. The van der Waals surface area contributed by atoms with E-state index in [4.69, 9.17) is 5.11 Å². The van der Waals surface area contributed by atoms with E-state index >= 15 is 0 Å². The van der Waals surface area contributed by atoms with Crippen molar-refractivity contribution in [3.63, 3.8) is 0 Å². The molecule has 1 atom stereocenters. The van der Waals surface area contributed by atoms with E-state index in [0.29, 0.717) is 6.42 Å². The van der Waals surface area contributed by atoms with Crippen LogP contribution in [-0.2, 0) is 9.59 Å². The number of nitrogens with one attached hydrogen (secondary N) is 1. The van der Waals surface area contributed by atoms with E-state index in [1.165, 1.54) is 0 Å². The molecule has 1 amide bonds. The summed E-state index contributed by atoms with van der Waals surface area (Å²) in [5, 5.41) is 11.8. The average molecular weight is 263 g/mol. The number of aryl methyl sites for hydroxylation is 1. The quantitative estimate of drug-likeness (QED) is 0.829. The maximum Gasteiger partial charge on any atom is 0.306 e. The van der Waals surface area contributed by atoms with Gasteiger partial charge in [-0.15, -0.1) is 0 Å². The van der Waals surface area contributed by atoms with Gasteiger partial charge in [-0.3, -0.25) is 9.59 Å². The van der Waals surface area contributed by atoms with Crippen LogP contribution in [0, 0.1) is 18.8 Å². The standard InChI is InChI=1S/C15H21NO3/c1-10(2)13(15(18)19)8-9-14(17)16-12-6-4-11(3)5-7-12/h4-7,10,13H,8-9H2,1-3H3,(H,16,17)(H,18,19). The van der Waals surface area contributed by atoms with Crippen molar-refractivity contribution < 1.29 is 14.7 Å². The molecule has 0 aliphatic rings. The molecule has 0 heterocycles. The molecule has 1 aromatic carbocycles. The van der Waals surface area contributed by atoms with Crippen molar-refractivity contribution in [1.82, 2.24) is 0 Å². The Hall–Kier alpha value is -1.84.